The van der Waals surface area contributed by atoms with E-state index in [-0.39, 0.29) is 5.84 Å². The largest absolute Gasteiger partial charge is 0.425 e. The minimum atomic E-state index is -3.75. The molecule has 80 valence electrons. The number of fused-ring (bicyclic) bond motifs is 1. The minimum Gasteiger partial charge on any atom is -0.425 e. The lowest BCUT2D eigenvalue weighted by atomic mass is 10.1. The number of nitrogens with one attached hydrogen (secondary N) is 1. The summed E-state index contributed by atoms with van der Waals surface area (Å²) in [6.07, 6.45) is 0. The van der Waals surface area contributed by atoms with Gasteiger partial charge in [0, 0.05) is 5.56 Å². The molecule has 0 bridgehead atoms. The fraction of sp³-hybridized carbons (Fsp3) is 0. The van der Waals surface area contributed by atoms with Crippen molar-refractivity contribution in [1.82, 2.24) is 0 Å². The van der Waals surface area contributed by atoms with E-state index in [0.717, 1.165) is 0 Å². The Morgan fingerprint density at radius 1 is 1.47 bits per heavy atom. The number of nitrogens with two attached hydrogens (primary N) is 1. The molecular weight excluding hydrogens is 333 g/mol. The van der Waals surface area contributed by atoms with Crippen molar-refractivity contribution in [3.8, 4) is 5.75 Å². The average Bonchev–Trinajstić information content (AvgIpc) is 2.15. The van der Waals surface area contributed by atoms with Crippen LogP contribution < -0.4 is 13.5 Å². The molecule has 1 aromatic carbocycles. The lowest BCUT2D eigenvalue weighted by Gasteiger charge is -2.17. The summed E-state index contributed by atoms with van der Waals surface area (Å²) in [4.78, 5) is 0. The molecule has 15 heavy (non-hydrogen) atoms. The summed E-state index contributed by atoms with van der Waals surface area (Å²) in [5.74, 6) is 0.355. The zero-order valence-electron chi connectivity index (χ0n) is 7.27. The SMILES string of the molecule is NC1=NS(=O)(=O)Nc2c(OI)cccc21. The molecule has 6 nitrogen and oxygen atoms in total. The second-order valence-electron chi connectivity index (χ2n) is 2.81. The maximum Gasteiger partial charge on any atom is 0.344 e. The first-order valence-electron chi connectivity index (χ1n) is 3.83. The fourth-order valence-corrected chi connectivity index (χ4v) is 2.48. The van der Waals surface area contributed by atoms with Crippen molar-refractivity contribution in [2.75, 3.05) is 4.72 Å². The van der Waals surface area contributed by atoms with Crippen LogP contribution in [0.1, 0.15) is 5.56 Å². The third kappa shape index (κ3) is 1.86. The second-order valence-corrected chi connectivity index (χ2v) is 4.59. The summed E-state index contributed by atoms with van der Waals surface area (Å²) < 4.78 is 33.1. The van der Waals surface area contributed by atoms with E-state index in [2.05, 4.69) is 9.12 Å². The highest BCUT2D eigenvalue weighted by Crippen LogP contribution is 2.33. The zero-order valence-corrected chi connectivity index (χ0v) is 10.2. The maximum atomic E-state index is 11.3. The lowest BCUT2D eigenvalue weighted by Crippen LogP contribution is -2.26. The number of para-hydroxylation sites is 1. The number of benzene rings is 1. The van der Waals surface area contributed by atoms with Crippen LogP contribution in [0.3, 0.4) is 0 Å². The van der Waals surface area contributed by atoms with Gasteiger partial charge in [-0.05, 0) is 12.1 Å². The quantitative estimate of drug-likeness (QED) is 0.740. The molecule has 8 heteroatoms. The van der Waals surface area contributed by atoms with Crippen LogP contribution in [0.5, 0.6) is 5.75 Å². The Kier molecular flexibility index (Phi) is 2.46. The predicted octanol–water partition coefficient (Wildman–Crippen LogP) is 0.791. The van der Waals surface area contributed by atoms with Crippen LogP contribution in [-0.2, 0) is 10.2 Å². The Morgan fingerprint density at radius 3 is 2.87 bits per heavy atom. The molecule has 0 atom stereocenters. The van der Waals surface area contributed by atoms with Gasteiger partial charge in [0.05, 0.1) is 0 Å². The standard InChI is InChI=1S/C7H6IN3O3S/c8-14-5-3-1-2-4-6(5)10-15(12,13)11-7(4)9/h1-3,10H,(H2,9,11). The number of amidine groups is 1. The monoisotopic (exact) mass is 339 g/mol. The molecule has 0 saturated carbocycles. The number of halogens is 1. The van der Waals surface area contributed by atoms with E-state index in [0.29, 0.717) is 17.0 Å². The second kappa shape index (κ2) is 3.52. The van der Waals surface area contributed by atoms with Crippen molar-refractivity contribution in [2.45, 2.75) is 0 Å². The molecule has 0 spiro atoms. The van der Waals surface area contributed by atoms with Gasteiger partial charge in [-0.15, -0.1) is 4.40 Å². The first kappa shape index (κ1) is 10.5. The van der Waals surface area contributed by atoms with Crippen LogP contribution >= 0.6 is 23.0 Å². The van der Waals surface area contributed by atoms with E-state index in [1.807, 2.05) is 0 Å². The van der Waals surface area contributed by atoms with E-state index >= 15 is 0 Å². The average molecular weight is 339 g/mol. The third-order valence-electron chi connectivity index (χ3n) is 1.83. The highest BCUT2D eigenvalue weighted by atomic mass is 127. The molecule has 1 aromatic rings. The molecule has 0 aliphatic carbocycles. The smallest absolute Gasteiger partial charge is 0.344 e. The van der Waals surface area contributed by atoms with Gasteiger partial charge < -0.3 is 8.80 Å². The van der Waals surface area contributed by atoms with E-state index in [1.54, 1.807) is 41.2 Å². The highest BCUT2D eigenvalue weighted by molar-refractivity contribution is 14.1. The highest BCUT2D eigenvalue weighted by Gasteiger charge is 2.23. The molecule has 3 N–H and O–H groups in total. The van der Waals surface area contributed by atoms with Crippen molar-refractivity contribution in [1.29, 1.82) is 0 Å². The van der Waals surface area contributed by atoms with E-state index in [4.69, 9.17) is 8.80 Å². The van der Waals surface area contributed by atoms with Crippen molar-refractivity contribution in [3.63, 3.8) is 0 Å². The van der Waals surface area contributed by atoms with Crippen LogP contribution in [0.4, 0.5) is 5.69 Å². The Labute approximate surface area is 100 Å². The van der Waals surface area contributed by atoms with Crippen LogP contribution in [0, 0.1) is 0 Å². The van der Waals surface area contributed by atoms with Gasteiger partial charge in [-0.25, -0.2) is 0 Å². The molecular formula is C7H6IN3O3S. The molecule has 1 aliphatic heterocycles. The first-order valence-corrected chi connectivity index (χ1v) is 6.16. The van der Waals surface area contributed by atoms with Gasteiger partial charge in [-0.1, -0.05) is 6.07 Å². The number of hydrogen-bond donors (Lipinski definition) is 2. The number of hydrogen-bond acceptors (Lipinski definition) is 4. The molecule has 0 fully saturated rings. The van der Waals surface area contributed by atoms with Crippen LogP contribution in [-0.4, -0.2) is 14.3 Å². The lowest BCUT2D eigenvalue weighted by molar-refractivity contribution is 0.602. The summed E-state index contributed by atoms with van der Waals surface area (Å²) in [6, 6.07) is 5.00. The van der Waals surface area contributed by atoms with E-state index < -0.39 is 10.2 Å². The third-order valence-corrected chi connectivity index (χ3v) is 3.21. The summed E-state index contributed by atoms with van der Waals surface area (Å²) in [5, 5.41) is 0. The van der Waals surface area contributed by atoms with Gasteiger partial charge in [0.25, 0.3) is 0 Å². The Hall–Kier alpha value is -1.03. The first-order chi connectivity index (χ1) is 7.03. The summed E-state index contributed by atoms with van der Waals surface area (Å²) in [7, 11) is -3.75. The zero-order chi connectivity index (χ0) is 11.1. The molecule has 0 radical (unpaired) electrons. The number of rotatable bonds is 1. The summed E-state index contributed by atoms with van der Waals surface area (Å²) >= 11 is 1.66. The molecule has 1 heterocycles. The van der Waals surface area contributed by atoms with Gasteiger partial charge in [-0.2, -0.15) is 8.42 Å². The summed E-state index contributed by atoms with van der Waals surface area (Å²) in [5.41, 5.74) is 6.35. The van der Waals surface area contributed by atoms with Crippen LogP contribution in [0.25, 0.3) is 0 Å². The van der Waals surface area contributed by atoms with Crippen molar-refractivity contribution < 1.29 is 11.5 Å². The molecule has 2 rings (SSSR count). The van der Waals surface area contributed by atoms with Crippen molar-refractivity contribution in [2.24, 2.45) is 10.1 Å². The number of anilines is 1. The minimum absolute atomic E-state index is 0.0425. The van der Waals surface area contributed by atoms with Gasteiger partial charge in [0.2, 0.25) is 0 Å². The summed E-state index contributed by atoms with van der Waals surface area (Å²) in [6.45, 7) is 0. The molecule has 0 aromatic heterocycles. The van der Waals surface area contributed by atoms with Crippen LogP contribution in [0.15, 0.2) is 22.6 Å². The molecule has 0 amide bonds. The Bertz CT molecular complexity index is 540. The van der Waals surface area contributed by atoms with Crippen LogP contribution in [0.2, 0.25) is 0 Å². The number of nitrogens with zero attached hydrogens (tertiary/aromatic N) is 1. The van der Waals surface area contributed by atoms with Gasteiger partial charge >= 0.3 is 10.2 Å². The maximum absolute atomic E-state index is 11.3. The van der Waals surface area contributed by atoms with Crippen molar-refractivity contribution >= 4 is 44.7 Å². The normalized spacial score (nSPS) is 17.3. The van der Waals surface area contributed by atoms with E-state index in [9.17, 15) is 8.42 Å². The van der Waals surface area contributed by atoms with Crippen molar-refractivity contribution in [3.05, 3.63) is 23.8 Å². The van der Waals surface area contributed by atoms with Gasteiger partial charge in [-0.3, -0.25) is 4.72 Å². The molecule has 1 aliphatic rings. The van der Waals surface area contributed by atoms with E-state index in [1.165, 1.54) is 0 Å². The van der Waals surface area contributed by atoms with Gasteiger partial charge in [0.15, 0.2) is 28.8 Å². The Morgan fingerprint density at radius 2 is 2.20 bits per heavy atom. The fourth-order valence-electron chi connectivity index (χ4n) is 1.24. The topological polar surface area (TPSA) is 93.8 Å². The Balaban J connectivity index is 2.70. The predicted molar refractivity (Wildman–Crippen MR) is 64.4 cm³/mol. The molecule has 0 saturated heterocycles. The van der Waals surface area contributed by atoms with Gasteiger partial charge in [0.1, 0.15) is 11.5 Å². The molecule has 0 unspecified atom stereocenters.